The molecule has 1 aromatic carbocycles. The molecule has 0 bridgehead atoms. The van der Waals surface area contributed by atoms with Crippen molar-refractivity contribution < 1.29 is 13.9 Å². The van der Waals surface area contributed by atoms with Crippen LogP contribution >= 0.6 is 11.6 Å². The van der Waals surface area contributed by atoms with Gasteiger partial charge in [-0.1, -0.05) is 17.7 Å². The maximum absolute atomic E-state index is 13.9. The molecule has 2 aromatic heterocycles. The molecule has 3 aromatic rings. The summed E-state index contributed by atoms with van der Waals surface area (Å²) in [4.78, 5) is 18.7. The Bertz CT molecular complexity index is 1060. The van der Waals surface area contributed by atoms with Crippen molar-refractivity contribution in [2.45, 2.75) is 45.1 Å². The molecule has 8 heteroatoms. The van der Waals surface area contributed by atoms with E-state index in [-0.39, 0.29) is 5.15 Å². The molecule has 0 saturated heterocycles. The smallest absolute Gasteiger partial charge is 0.420 e. The van der Waals surface area contributed by atoms with Gasteiger partial charge in [0.15, 0.2) is 5.65 Å². The molecule has 1 amide bonds. The van der Waals surface area contributed by atoms with Crippen LogP contribution in [0.1, 0.15) is 45.1 Å². The van der Waals surface area contributed by atoms with E-state index >= 15 is 0 Å². The fourth-order valence-corrected chi connectivity index (χ4v) is 3.21. The van der Waals surface area contributed by atoms with Crippen LogP contribution in [0.25, 0.3) is 5.65 Å². The molecule has 0 spiro atoms. The predicted molar refractivity (Wildman–Crippen MR) is 105 cm³/mol. The zero-order chi connectivity index (χ0) is 20.1. The van der Waals surface area contributed by atoms with Crippen molar-refractivity contribution in [1.82, 2.24) is 14.6 Å². The van der Waals surface area contributed by atoms with Crippen molar-refractivity contribution in [3.63, 3.8) is 0 Å². The Labute approximate surface area is 166 Å². The molecule has 0 aliphatic heterocycles. The number of anilines is 2. The summed E-state index contributed by atoms with van der Waals surface area (Å²) >= 11 is 6.27. The van der Waals surface area contributed by atoms with Gasteiger partial charge in [-0.2, -0.15) is 9.61 Å². The average Bonchev–Trinajstić information content (AvgIpc) is 3.33. The molecule has 1 fully saturated rings. The fourth-order valence-electron chi connectivity index (χ4n) is 3.03. The second-order valence-electron chi connectivity index (χ2n) is 7.84. The van der Waals surface area contributed by atoms with Gasteiger partial charge in [0, 0.05) is 11.6 Å². The first-order chi connectivity index (χ1) is 13.2. The van der Waals surface area contributed by atoms with Crippen molar-refractivity contribution in [2.24, 2.45) is 0 Å². The molecule has 2 heterocycles. The number of amides is 1. The second kappa shape index (κ2) is 6.74. The molecule has 1 aliphatic carbocycles. The van der Waals surface area contributed by atoms with Gasteiger partial charge in [-0.25, -0.2) is 19.1 Å². The van der Waals surface area contributed by atoms with E-state index < -0.39 is 17.5 Å². The number of halogens is 2. The second-order valence-corrected chi connectivity index (χ2v) is 8.23. The van der Waals surface area contributed by atoms with Crippen LogP contribution in [0.2, 0.25) is 5.15 Å². The first-order valence-electron chi connectivity index (χ1n) is 9.06. The Balaban J connectivity index is 1.90. The average molecular weight is 403 g/mol. The monoisotopic (exact) mass is 402 g/mol. The molecule has 28 heavy (non-hydrogen) atoms. The Morgan fingerprint density at radius 2 is 2.07 bits per heavy atom. The van der Waals surface area contributed by atoms with Crippen molar-refractivity contribution in [2.75, 3.05) is 4.90 Å². The van der Waals surface area contributed by atoms with E-state index in [0.717, 1.165) is 18.4 Å². The fraction of sp³-hybridized carbons (Fsp3) is 0.350. The van der Waals surface area contributed by atoms with E-state index in [1.54, 1.807) is 37.5 Å². The Morgan fingerprint density at radius 3 is 2.71 bits per heavy atom. The minimum absolute atomic E-state index is 0.217. The lowest BCUT2D eigenvalue weighted by Crippen LogP contribution is -2.35. The van der Waals surface area contributed by atoms with E-state index in [9.17, 15) is 9.18 Å². The number of rotatable bonds is 3. The zero-order valence-electron chi connectivity index (χ0n) is 15.8. The highest BCUT2D eigenvalue weighted by Gasteiger charge is 2.31. The lowest BCUT2D eigenvalue weighted by Gasteiger charge is -2.27. The van der Waals surface area contributed by atoms with E-state index in [4.69, 9.17) is 16.3 Å². The number of carbonyl (C=O) groups is 1. The van der Waals surface area contributed by atoms with Crippen LogP contribution in [-0.4, -0.2) is 26.3 Å². The number of fused-ring (bicyclic) bond motifs is 1. The van der Waals surface area contributed by atoms with Crippen molar-refractivity contribution in [1.29, 1.82) is 0 Å². The molecule has 146 valence electrons. The third-order valence-corrected chi connectivity index (χ3v) is 4.53. The minimum atomic E-state index is -0.734. The number of nitrogens with zero attached hydrogens (tertiary/aromatic N) is 4. The van der Waals surface area contributed by atoms with E-state index in [2.05, 4.69) is 10.1 Å². The standard InChI is InChI=1S/C20H20ClFN4O2/c1-20(2,3)28-19(27)25(14-6-4-5-13(22)9-14)17-10-16(21)24-18-15(12-7-8-12)11-23-26(17)18/h4-6,9-12H,7-8H2,1-3H3. The quantitative estimate of drug-likeness (QED) is 0.545. The van der Waals surface area contributed by atoms with E-state index in [1.807, 2.05) is 0 Å². The van der Waals surface area contributed by atoms with E-state index in [0.29, 0.717) is 23.1 Å². The Hall–Kier alpha value is -2.67. The topological polar surface area (TPSA) is 59.7 Å². The van der Waals surface area contributed by atoms with Crippen molar-refractivity contribution >= 4 is 34.8 Å². The van der Waals surface area contributed by atoms with Crippen LogP contribution in [0, 0.1) is 5.82 Å². The highest BCUT2D eigenvalue weighted by atomic mass is 35.5. The summed E-state index contributed by atoms with van der Waals surface area (Å²) in [5, 5.41) is 4.64. The van der Waals surface area contributed by atoms with Crippen molar-refractivity contribution in [3.05, 3.63) is 53.1 Å². The molecule has 1 aliphatic rings. The van der Waals surface area contributed by atoms with Crippen LogP contribution < -0.4 is 4.90 Å². The van der Waals surface area contributed by atoms with Gasteiger partial charge in [0.25, 0.3) is 0 Å². The lowest BCUT2D eigenvalue weighted by atomic mass is 10.2. The summed E-state index contributed by atoms with van der Waals surface area (Å²) in [6.07, 6.45) is 3.23. The number of hydrogen-bond acceptors (Lipinski definition) is 4. The molecule has 0 unspecified atom stereocenters. The molecular formula is C20H20ClFN4O2. The summed E-state index contributed by atoms with van der Waals surface area (Å²) < 4.78 is 21.0. The summed E-state index contributed by atoms with van der Waals surface area (Å²) in [5.74, 6) is 0.267. The number of hydrogen-bond donors (Lipinski definition) is 0. The first-order valence-corrected chi connectivity index (χ1v) is 9.43. The van der Waals surface area contributed by atoms with Gasteiger partial charge in [-0.3, -0.25) is 0 Å². The number of ether oxygens (including phenoxy) is 1. The molecule has 0 N–H and O–H groups in total. The molecule has 0 atom stereocenters. The lowest BCUT2D eigenvalue weighted by molar-refractivity contribution is 0.0597. The number of aromatic nitrogens is 3. The minimum Gasteiger partial charge on any atom is -0.443 e. The third kappa shape index (κ3) is 3.67. The van der Waals surface area contributed by atoms with Crippen LogP contribution in [0.4, 0.5) is 20.7 Å². The van der Waals surface area contributed by atoms with Crippen LogP contribution in [0.5, 0.6) is 0 Å². The van der Waals surface area contributed by atoms with Gasteiger partial charge in [0.2, 0.25) is 0 Å². The molecule has 0 radical (unpaired) electrons. The van der Waals surface area contributed by atoms with E-state index in [1.165, 1.54) is 29.2 Å². The number of benzene rings is 1. The maximum atomic E-state index is 13.9. The largest absolute Gasteiger partial charge is 0.443 e. The predicted octanol–water partition coefficient (Wildman–Crippen LogP) is 5.47. The highest BCUT2D eigenvalue weighted by Crippen LogP contribution is 2.42. The summed E-state index contributed by atoms with van der Waals surface area (Å²) in [7, 11) is 0. The van der Waals surface area contributed by atoms with Gasteiger partial charge in [-0.05, 0) is 57.7 Å². The molecular weight excluding hydrogens is 383 g/mol. The first kappa shape index (κ1) is 18.7. The number of carbonyl (C=O) groups excluding carboxylic acids is 1. The molecule has 1 saturated carbocycles. The van der Waals surface area contributed by atoms with Crippen LogP contribution in [0.15, 0.2) is 36.5 Å². The van der Waals surface area contributed by atoms with Crippen molar-refractivity contribution in [3.8, 4) is 0 Å². The molecule has 4 rings (SSSR count). The third-order valence-electron chi connectivity index (χ3n) is 4.34. The summed E-state index contributed by atoms with van der Waals surface area (Å²) in [5.41, 5.74) is 1.16. The molecule has 6 nitrogen and oxygen atoms in total. The maximum Gasteiger partial charge on any atom is 0.420 e. The van der Waals surface area contributed by atoms with Gasteiger partial charge in [0.05, 0.1) is 11.9 Å². The normalized spacial score (nSPS) is 14.3. The SMILES string of the molecule is CC(C)(C)OC(=O)N(c1cccc(F)c1)c1cc(Cl)nc2c(C3CC3)cnn12. The van der Waals surface area contributed by atoms with Gasteiger partial charge in [0.1, 0.15) is 22.4 Å². The summed E-state index contributed by atoms with van der Waals surface area (Å²) in [6.45, 7) is 5.30. The van der Waals surface area contributed by atoms with Crippen LogP contribution in [0.3, 0.4) is 0 Å². The van der Waals surface area contributed by atoms with Gasteiger partial charge >= 0.3 is 6.09 Å². The Kier molecular flexibility index (Phi) is 4.50. The van der Waals surface area contributed by atoms with Gasteiger partial charge < -0.3 is 4.74 Å². The zero-order valence-corrected chi connectivity index (χ0v) is 16.6. The Morgan fingerprint density at radius 1 is 1.32 bits per heavy atom. The summed E-state index contributed by atoms with van der Waals surface area (Å²) in [6, 6.07) is 7.24. The highest BCUT2D eigenvalue weighted by molar-refractivity contribution is 6.29. The van der Waals surface area contributed by atoms with Crippen LogP contribution in [-0.2, 0) is 4.74 Å². The van der Waals surface area contributed by atoms with Gasteiger partial charge in [-0.15, -0.1) is 0 Å².